The number of aromatic nitrogens is 2. The van der Waals surface area contributed by atoms with Crippen LogP contribution in [-0.4, -0.2) is 54.6 Å². The van der Waals surface area contributed by atoms with Crippen molar-refractivity contribution in [3.8, 4) is 11.8 Å². The molecule has 2 N–H and O–H groups in total. The lowest BCUT2D eigenvalue weighted by atomic mass is 9.90. The summed E-state index contributed by atoms with van der Waals surface area (Å²) in [6, 6.07) is 7.98. The largest absolute Gasteiger partial charge is 0.381 e. The van der Waals surface area contributed by atoms with E-state index in [1.165, 1.54) is 24.5 Å². The zero-order valence-corrected chi connectivity index (χ0v) is 21.8. The lowest BCUT2D eigenvalue weighted by Crippen LogP contribution is -2.24. The third-order valence-corrected chi connectivity index (χ3v) is 6.28. The minimum Gasteiger partial charge on any atom is -0.381 e. The number of ether oxygens (including phenoxy) is 1. The Balaban J connectivity index is 1.72. The van der Waals surface area contributed by atoms with Gasteiger partial charge in [0.1, 0.15) is 18.0 Å². The van der Waals surface area contributed by atoms with E-state index in [1.54, 1.807) is 18.2 Å². The van der Waals surface area contributed by atoms with Gasteiger partial charge >= 0.3 is 0 Å². The zero-order chi connectivity index (χ0) is 26.4. The third-order valence-electron chi connectivity index (χ3n) is 5.99. The lowest BCUT2D eigenvalue weighted by Gasteiger charge is -2.24. The number of fused-ring (bicyclic) bond motifs is 1. The molecule has 1 fully saturated rings. The molecule has 0 spiro atoms. The Morgan fingerprint density at radius 1 is 1.30 bits per heavy atom. The number of halogens is 2. The van der Waals surface area contributed by atoms with Crippen molar-refractivity contribution in [2.75, 3.05) is 44.5 Å². The van der Waals surface area contributed by atoms with Crippen molar-refractivity contribution in [2.24, 2.45) is 11.8 Å². The van der Waals surface area contributed by atoms with Crippen LogP contribution in [0.2, 0.25) is 5.02 Å². The van der Waals surface area contributed by atoms with Crippen LogP contribution in [0.5, 0.6) is 0 Å². The van der Waals surface area contributed by atoms with Crippen molar-refractivity contribution in [3.05, 3.63) is 65.2 Å². The first-order valence-corrected chi connectivity index (χ1v) is 12.4. The molecule has 1 aliphatic rings. The van der Waals surface area contributed by atoms with E-state index in [-0.39, 0.29) is 16.8 Å². The molecule has 9 heteroatoms. The second-order valence-corrected chi connectivity index (χ2v) is 9.67. The van der Waals surface area contributed by atoms with Crippen LogP contribution in [0, 0.1) is 29.5 Å². The first-order valence-electron chi connectivity index (χ1n) is 12.0. The van der Waals surface area contributed by atoms with Gasteiger partial charge in [-0.05, 0) is 56.8 Å². The molecule has 1 saturated heterocycles. The molecule has 7 nitrogen and oxygen atoms in total. The normalized spacial score (nSPS) is 17.6. The Labute approximate surface area is 221 Å². The fourth-order valence-electron chi connectivity index (χ4n) is 3.93. The number of hydrogen-bond donors (Lipinski definition) is 2. The maximum atomic E-state index is 13.6. The van der Waals surface area contributed by atoms with Crippen molar-refractivity contribution < 1.29 is 13.9 Å². The Bertz CT molecular complexity index is 1380. The van der Waals surface area contributed by atoms with E-state index in [4.69, 9.17) is 16.3 Å². The van der Waals surface area contributed by atoms with E-state index < -0.39 is 5.82 Å². The van der Waals surface area contributed by atoms with E-state index in [0.29, 0.717) is 59.3 Å². The van der Waals surface area contributed by atoms with E-state index in [9.17, 15) is 9.18 Å². The quantitative estimate of drug-likeness (QED) is 0.341. The number of benzene rings is 2. The third kappa shape index (κ3) is 7.04. The molecule has 4 rings (SSSR count). The maximum absolute atomic E-state index is 13.6. The van der Waals surface area contributed by atoms with Crippen LogP contribution in [0.4, 0.5) is 21.6 Å². The van der Waals surface area contributed by atoms with Crippen LogP contribution < -0.4 is 10.6 Å². The highest BCUT2D eigenvalue weighted by atomic mass is 35.5. The van der Waals surface area contributed by atoms with Gasteiger partial charge in [-0.2, -0.15) is 0 Å². The minimum atomic E-state index is -0.505. The summed E-state index contributed by atoms with van der Waals surface area (Å²) in [6.07, 6.45) is 5.60. The second-order valence-electron chi connectivity index (χ2n) is 9.26. The number of rotatable bonds is 6. The molecule has 192 valence electrons. The van der Waals surface area contributed by atoms with Gasteiger partial charge in [0.2, 0.25) is 5.91 Å². The van der Waals surface area contributed by atoms with Crippen LogP contribution in [0.3, 0.4) is 0 Å². The molecule has 37 heavy (non-hydrogen) atoms. The van der Waals surface area contributed by atoms with Crippen LogP contribution in [-0.2, 0) is 9.53 Å². The van der Waals surface area contributed by atoms with Gasteiger partial charge in [0, 0.05) is 36.2 Å². The van der Waals surface area contributed by atoms with Gasteiger partial charge in [-0.3, -0.25) is 4.79 Å². The second kappa shape index (κ2) is 12.2. The molecule has 1 amide bonds. The molecule has 0 radical (unpaired) electrons. The van der Waals surface area contributed by atoms with Crippen molar-refractivity contribution in [3.63, 3.8) is 0 Å². The molecule has 1 aromatic heterocycles. The smallest absolute Gasteiger partial charge is 0.248 e. The lowest BCUT2D eigenvalue weighted by molar-refractivity contribution is -0.111. The molecular formula is C28H29ClFN5O2. The summed E-state index contributed by atoms with van der Waals surface area (Å²) < 4.78 is 19.2. The van der Waals surface area contributed by atoms with Gasteiger partial charge in [0.15, 0.2) is 0 Å². The summed E-state index contributed by atoms with van der Waals surface area (Å²) in [5, 5.41) is 6.79. The van der Waals surface area contributed by atoms with Gasteiger partial charge < -0.3 is 20.3 Å². The Hall–Kier alpha value is -3.51. The number of hydrogen-bond acceptors (Lipinski definition) is 6. The van der Waals surface area contributed by atoms with Gasteiger partial charge in [0.25, 0.3) is 0 Å². The predicted molar refractivity (Wildman–Crippen MR) is 146 cm³/mol. The molecule has 0 unspecified atom stereocenters. The molecule has 0 bridgehead atoms. The van der Waals surface area contributed by atoms with Gasteiger partial charge in [-0.1, -0.05) is 36.4 Å². The Morgan fingerprint density at radius 3 is 2.89 bits per heavy atom. The number of carbonyl (C=O) groups excluding carboxylic acids is 1. The maximum Gasteiger partial charge on any atom is 0.248 e. The van der Waals surface area contributed by atoms with Crippen LogP contribution in [0.25, 0.3) is 10.9 Å². The topological polar surface area (TPSA) is 79.4 Å². The predicted octanol–water partition coefficient (Wildman–Crippen LogP) is 5.25. The van der Waals surface area contributed by atoms with Crippen molar-refractivity contribution in [1.82, 2.24) is 14.9 Å². The minimum absolute atomic E-state index is 0.000673. The molecule has 0 saturated carbocycles. The average molecular weight is 522 g/mol. The van der Waals surface area contributed by atoms with Gasteiger partial charge in [-0.25, -0.2) is 14.4 Å². The number of amides is 1. The summed E-state index contributed by atoms with van der Waals surface area (Å²) in [5.41, 5.74) is 2.43. The highest BCUT2D eigenvalue weighted by Crippen LogP contribution is 2.30. The van der Waals surface area contributed by atoms with E-state index in [1.807, 2.05) is 25.1 Å². The first kappa shape index (κ1) is 26.6. The van der Waals surface area contributed by atoms with Crippen molar-refractivity contribution in [1.29, 1.82) is 0 Å². The summed E-state index contributed by atoms with van der Waals surface area (Å²) in [5.74, 6) is 6.91. The van der Waals surface area contributed by atoms with Crippen LogP contribution in [0.15, 0.2) is 48.8 Å². The molecular weight excluding hydrogens is 493 g/mol. The molecule has 1 aliphatic heterocycles. The van der Waals surface area contributed by atoms with Gasteiger partial charge in [-0.15, -0.1) is 0 Å². The molecule has 2 heterocycles. The van der Waals surface area contributed by atoms with E-state index >= 15 is 0 Å². The summed E-state index contributed by atoms with van der Waals surface area (Å²) >= 11 is 5.94. The average Bonchev–Trinajstić information content (AvgIpc) is 2.86. The highest BCUT2D eigenvalue weighted by Gasteiger charge is 2.20. The number of nitrogens with one attached hydrogen (secondary N) is 2. The Kier molecular flexibility index (Phi) is 8.72. The summed E-state index contributed by atoms with van der Waals surface area (Å²) in [7, 11) is 3.86. The molecule has 0 aliphatic carbocycles. The molecule has 3 aromatic rings. The fraction of sp³-hybridized carbons (Fsp3) is 0.321. The fourth-order valence-corrected chi connectivity index (χ4v) is 4.11. The number of nitrogens with zero attached hydrogens (tertiary/aromatic N) is 3. The first-order chi connectivity index (χ1) is 17.8. The highest BCUT2D eigenvalue weighted by molar-refractivity contribution is 6.31. The molecule has 2 atom stereocenters. The van der Waals surface area contributed by atoms with E-state index in [0.717, 1.165) is 6.42 Å². The van der Waals surface area contributed by atoms with Crippen LogP contribution in [0.1, 0.15) is 18.9 Å². The molecule has 2 aromatic carbocycles. The number of carbonyl (C=O) groups is 1. The Morgan fingerprint density at radius 2 is 2.14 bits per heavy atom. The number of likely N-dealkylation sites (N-methyl/N-ethyl adjacent to an activating group) is 1. The van der Waals surface area contributed by atoms with Crippen molar-refractivity contribution >= 4 is 45.6 Å². The standard InChI is InChI=1S/C28H29ClFN5O2/c1-18-16-37-12-10-19(18)6-7-20-13-26-22(15-25(20)34-27(36)5-4-11-35(2)3)28(32-17-31-26)33-21-8-9-24(30)23(29)14-21/h4-5,8-9,13-15,17-19H,10-12,16H2,1-3H3,(H,34,36)(H,31,32,33)/b5-4+/t18-,19+/m0/s1. The van der Waals surface area contributed by atoms with Crippen molar-refractivity contribution in [2.45, 2.75) is 13.3 Å². The van der Waals surface area contributed by atoms with Gasteiger partial charge in [0.05, 0.1) is 28.4 Å². The zero-order valence-electron chi connectivity index (χ0n) is 21.0. The monoisotopic (exact) mass is 521 g/mol. The summed E-state index contributed by atoms with van der Waals surface area (Å²) in [4.78, 5) is 23.4. The SMILES string of the molecule is C[C@H]1COCC[C@H]1C#Cc1cc2ncnc(Nc3ccc(F)c(Cl)c3)c2cc1NC(=O)/C=C/CN(C)C. The summed E-state index contributed by atoms with van der Waals surface area (Å²) in [6.45, 7) is 4.15. The number of anilines is 3. The van der Waals surface area contributed by atoms with E-state index in [2.05, 4.69) is 39.4 Å². The van der Waals surface area contributed by atoms with Crippen LogP contribution >= 0.6 is 11.6 Å².